The summed E-state index contributed by atoms with van der Waals surface area (Å²) in [5.41, 5.74) is -0.174. The Bertz CT molecular complexity index is 491. The monoisotopic (exact) mass is 253 g/mol. The van der Waals surface area contributed by atoms with E-state index in [1.165, 1.54) is 0 Å². The van der Waals surface area contributed by atoms with Gasteiger partial charge in [0.2, 0.25) is 11.7 Å². The standard InChI is InChI=1S/C10H11N3O5/c14-8(12-5-1-2-5)4-11-9(15)6-3-7(10(16)17)18-13-6/h3,5H,1-2,4H2,(H,11,15)(H,12,14)(H,16,17). The van der Waals surface area contributed by atoms with Crippen molar-refractivity contribution in [1.82, 2.24) is 15.8 Å². The Balaban J connectivity index is 1.82. The van der Waals surface area contributed by atoms with E-state index < -0.39 is 17.6 Å². The molecular formula is C10H11N3O5. The van der Waals surface area contributed by atoms with Crippen LogP contribution in [0.4, 0.5) is 0 Å². The van der Waals surface area contributed by atoms with Crippen molar-refractivity contribution in [3.63, 3.8) is 0 Å². The van der Waals surface area contributed by atoms with Crippen LogP contribution in [-0.4, -0.2) is 40.6 Å². The summed E-state index contributed by atoms with van der Waals surface area (Å²) in [4.78, 5) is 33.3. The molecular weight excluding hydrogens is 242 g/mol. The average molecular weight is 253 g/mol. The number of carbonyl (C=O) groups excluding carboxylic acids is 2. The first-order chi connectivity index (χ1) is 8.56. The maximum absolute atomic E-state index is 11.5. The lowest BCUT2D eigenvalue weighted by Gasteiger charge is -2.03. The molecule has 1 fully saturated rings. The predicted octanol–water partition coefficient (Wildman–Crippen LogP) is -0.619. The minimum atomic E-state index is -1.31. The SMILES string of the molecule is O=C(CNC(=O)c1cc(C(=O)O)on1)NC1CC1. The molecule has 1 heterocycles. The van der Waals surface area contributed by atoms with Gasteiger partial charge in [0.15, 0.2) is 5.69 Å². The maximum atomic E-state index is 11.5. The highest BCUT2D eigenvalue weighted by molar-refractivity contribution is 5.96. The summed E-state index contributed by atoms with van der Waals surface area (Å²) < 4.78 is 4.42. The Hall–Kier alpha value is -2.38. The molecule has 8 nitrogen and oxygen atoms in total. The van der Waals surface area contributed by atoms with E-state index in [2.05, 4.69) is 20.3 Å². The molecule has 18 heavy (non-hydrogen) atoms. The van der Waals surface area contributed by atoms with Gasteiger partial charge in [0.1, 0.15) is 0 Å². The van der Waals surface area contributed by atoms with Crippen LogP contribution in [0.25, 0.3) is 0 Å². The fraction of sp³-hybridized carbons (Fsp3) is 0.400. The fourth-order valence-electron chi connectivity index (χ4n) is 1.24. The quantitative estimate of drug-likeness (QED) is 0.643. The lowest BCUT2D eigenvalue weighted by molar-refractivity contribution is -0.120. The number of hydrogen-bond acceptors (Lipinski definition) is 5. The summed E-state index contributed by atoms with van der Waals surface area (Å²) in [6.45, 7) is -0.176. The smallest absolute Gasteiger partial charge is 0.374 e. The Morgan fingerprint density at radius 2 is 2.17 bits per heavy atom. The molecule has 2 amide bonds. The highest BCUT2D eigenvalue weighted by Gasteiger charge is 2.23. The molecule has 0 atom stereocenters. The first-order valence-electron chi connectivity index (χ1n) is 5.34. The zero-order chi connectivity index (χ0) is 13.1. The molecule has 0 unspecified atom stereocenters. The number of carbonyl (C=O) groups is 3. The van der Waals surface area contributed by atoms with Crippen LogP contribution >= 0.6 is 0 Å². The lowest BCUT2D eigenvalue weighted by atomic mass is 10.3. The molecule has 0 aliphatic heterocycles. The molecule has 1 aromatic heterocycles. The largest absolute Gasteiger partial charge is 0.475 e. The number of rotatable bonds is 5. The topological polar surface area (TPSA) is 122 Å². The van der Waals surface area contributed by atoms with Gasteiger partial charge in [-0.2, -0.15) is 0 Å². The van der Waals surface area contributed by atoms with Gasteiger partial charge in [-0.3, -0.25) is 9.59 Å². The van der Waals surface area contributed by atoms with Gasteiger partial charge < -0.3 is 20.3 Å². The Morgan fingerprint density at radius 3 is 2.72 bits per heavy atom. The van der Waals surface area contributed by atoms with Crippen molar-refractivity contribution in [2.45, 2.75) is 18.9 Å². The molecule has 0 saturated heterocycles. The highest BCUT2D eigenvalue weighted by atomic mass is 16.5. The van der Waals surface area contributed by atoms with E-state index in [-0.39, 0.29) is 24.2 Å². The second-order valence-electron chi connectivity index (χ2n) is 3.91. The molecule has 8 heteroatoms. The van der Waals surface area contributed by atoms with Crippen LogP contribution in [0, 0.1) is 0 Å². The molecule has 2 rings (SSSR count). The van der Waals surface area contributed by atoms with Gasteiger partial charge in [-0.15, -0.1) is 0 Å². The van der Waals surface area contributed by atoms with Crippen LogP contribution in [0.1, 0.15) is 33.9 Å². The number of carboxylic acid groups (broad SMARTS) is 1. The van der Waals surface area contributed by atoms with E-state index in [0.29, 0.717) is 0 Å². The Morgan fingerprint density at radius 1 is 1.44 bits per heavy atom. The van der Waals surface area contributed by atoms with Crippen molar-refractivity contribution in [3.05, 3.63) is 17.5 Å². The predicted molar refractivity (Wildman–Crippen MR) is 57.0 cm³/mol. The number of aromatic nitrogens is 1. The van der Waals surface area contributed by atoms with E-state index in [9.17, 15) is 14.4 Å². The number of aromatic carboxylic acids is 1. The second-order valence-corrected chi connectivity index (χ2v) is 3.91. The van der Waals surface area contributed by atoms with Crippen molar-refractivity contribution >= 4 is 17.8 Å². The molecule has 96 valence electrons. The normalized spacial score (nSPS) is 14.0. The molecule has 0 spiro atoms. The van der Waals surface area contributed by atoms with Crippen LogP contribution in [0.2, 0.25) is 0 Å². The molecule has 1 saturated carbocycles. The van der Waals surface area contributed by atoms with Crippen molar-refractivity contribution in [3.8, 4) is 0 Å². The van der Waals surface area contributed by atoms with E-state index >= 15 is 0 Å². The average Bonchev–Trinajstić information content (AvgIpc) is 2.98. The van der Waals surface area contributed by atoms with Gasteiger partial charge in [0, 0.05) is 12.1 Å². The van der Waals surface area contributed by atoms with Crippen LogP contribution < -0.4 is 10.6 Å². The van der Waals surface area contributed by atoms with E-state index in [4.69, 9.17) is 5.11 Å². The Labute approximate surface area is 101 Å². The third kappa shape index (κ3) is 3.06. The van der Waals surface area contributed by atoms with Gasteiger partial charge in [0.05, 0.1) is 6.54 Å². The maximum Gasteiger partial charge on any atom is 0.374 e. The van der Waals surface area contributed by atoms with Gasteiger partial charge >= 0.3 is 5.97 Å². The van der Waals surface area contributed by atoms with Gasteiger partial charge in [0.25, 0.3) is 5.91 Å². The Kier molecular flexibility index (Phi) is 3.26. The third-order valence-corrected chi connectivity index (χ3v) is 2.31. The summed E-state index contributed by atoms with van der Waals surface area (Å²) in [7, 11) is 0. The summed E-state index contributed by atoms with van der Waals surface area (Å²) in [5.74, 6) is -2.68. The molecule has 1 aliphatic carbocycles. The van der Waals surface area contributed by atoms with Crippen LogP contribution in [0.3, 0.4) is 0 Å². The number of carboxylic acids is 1. The van der Waals surface area contributed by atoms with Gasteiger partial charge in [-0.1, -0.05) is 5.16 Å². The van der Waals surface area contributed by atoms with Gasteiger partial charge in [-0.05, 0) is 12.8 Å². The summed E-state index contributed by atoms with van der Waals surface area (Å²) in [6, 6.07) is 1.22. The first-order valence-corrected chi connectivity index (χ1v) is 5.34. The van der Waals surface area contributed by atoms with Crippen LogP contribution in [0.15, 0.2) is 10.6 Å². The zero-order valence-corrected chi connectivity index (χ0v) is 9.30. The molecule has 0 radical (unpaired) electrons. The molecule has 0 bridgehead atoms. The van der Waals surface area contributed by atoms with E-state index in [1.54, 1.807) is 0 Å². The molecule has 0 aromatic carbocycles. The van der Waals surface area contributed by atoms with Gasteiger partial charge in [-0.25, -0.2) is 4.79 Å². The van der Waals surface area contributed by atoms with Crippen molar-refractivity contribution < 1.29 is 24.0 Å². The minimum absolute atomic E-state index is 0.174. The van der Waals surface area contributed by atoms with E-state index in [0.717, 1.165) is 18.9 Å². The van der Waals surface area contributed by atoms with Crippen LogP contribution in [-0.2, 0) is 4.79 Å². The highest BCUT2D eigenvalue weighted by Crippen LogP contribution is 2.18. The zero-order valence-electron chi connectivity index (χ0n) is 9.30. The number of nitrogens with one attached hydrogen (secondary N) is 2. The van der Waals surface area contributed by atoms with E-state index in [1.807, 2.05) is 0 Å². The van der Waals surface area contributed by atoms with Crippen LogP contribution in [0.5, 0.6) is 0 Å². The van der Waals surface area contributed by atoms with Crippen molar-refractivity contribution in [1.29, 1.82) is 0 Å². The summed E-state index contributed by atoms with van der Waals surface area (Å²) >= 11 is 0. The number of hydrogen-bond donors (Lipinski definition) is 3. The fourth-order valence-corrected chi connectivity index (χ4v) is 1.24. The third-order valence-electron chi connectivity index (χ3n) is 2.31. The summed E-state index contributed by atoms with van der Waals surface area (Å²) in [6.07, 6.45) is 1.93. The second kappa shape index (κ2) is 4.86. The van der Waals surface area contributed by atoms with Crippen molar-refractivity contribution in [2.24, 2.45) is 0 Å². The first kappa shape index (κ1) is 12.1. The minimum Gasteiger partial charge on any atom is -0.475 e. The lowest BCUT2D eigenvalue weighted by Crippen LogP contribution is -2.37. The molecule has 1 aliphatic rings. The number of nitrogens with zero attached hydrogens (tertiary/aromatic N) is 1. The van der Waals surface area contributed by atoms with Crippen molar-refractivity contribution in [2.75, 3.05) is 6.54 Å². The molecule has 3 N–H and O–H groups in total. The number of amides is 2. The molecule has 1 aromatic rings. The summed E-state index contributed by atoms with van der Waals surface area (Å²) in [5, 5.41) is 16.9.